The molecule has 1 nitrogen and oxygen atoms in total. The van der Waals surface area contributed by atoms with Gasteiger partial charge < -0.3 is 0 Å². The van der Waals surface area contributed by atoms with Crippen molar-refractivity contribution < 1.29 is 4.39 Å². The molecule has 1 heterocycles. The number of rotatable bonds is 1. The summed E-state index contributed by atoms with van der Waals surface area (Å²) >= 11 is 0. The first-order chi connectivity index (χ1) is 7.27. The number of fused-ring (bicyclic) bond motifs is 1. The number of alkyl halides is 1. The third-order valence-corrected chi connectivity index (χ3v) is 5.05. The van der Waals surface area contributed by atoms with Crippen LogP contribution in [0.1, 0.15) is 39.0 Å². The molecule has 0 aromatic rings. The zero-order chi connectivity index (χ0) is 10.4. The molecule has 0 radical (unpaired) electrons. The van der Waals surface area contributed by atoms with E-state index < -0.39 is 6.17 Å². The van der Waals surface area contributed by atoms with Crippen molar-refractivity contribution in [1.29, 1.82) is 0 Å². The van der Waals surface area contributed by atoms with Crippen LogP contribution in [0, 0.1) is 17.8 Å². The van der Waals surface area contributed by atoms with E-state index in [1.54, 1.807) is 0 Å². The molecular formula is C13H22FN. The van der Waals surface area contributed by atoms with Crippen LogP contribution < -0.4 is 0 Å². The Bertz CT molecular complexity index is 235. The van der Waals surface area contributed by atoms with Gasteiger partial charge in [0.15, 0.2) is 0 Å². The van der Waals surface area contributed by atoms with E-state index in [2.05, 4.69) is 11.8 Å². The third-order valence-electron chi connectivity index (χ3n) is 5.05. The SMILES string of the molecule is CC1C2CCC[C@H](N3CCC(F)CC3)C12. The summed E-state index contributed by atoms with van der Waals surface area (Å²) < 4.78 is 13.1. The van der Waals surface area contributed by atoms with Gasteiger partial charge in [0, 0.05) is 19.1 Å². The van der Waals surface area contributed by atoms with Crippen molar-refractivity contribution in [3.05, 3.63) is 0 Å². The van der Waals surface area contributed by atoms with Crippen molar-refractivity contribution in [3.8, 4) is 0 Å². The quantitative estimate of drug-likeness (QED) is 0.644. The summed E-state index contributed by atoms with van der Waals surface area (Å²) in [6, 6.07) is 0.811. The Morgan fingerprint density at radius 1 is 1.07 bits per heavy atom. The molecule has 0 bridgehead atoms. The second-order valence-corrected chi connectivity index (χ2v) is 5.81. The van der Waals surface area contributed by atoms with Crippen molar-refractivity contribution in [3.63, 3.8) is 0 Å². The van der Waals surface area contributed by atoms with Gasteiger partial charge in [-0.25, -0.2) is 4.39 Å². The Hall–Kier alpha value is -0.110. The maximum atomic E-state index is 13.1. The van der Waals surface area contributed by atoms with E-state index in [9.17, 15) is 4.39 Å². The van der Waals surface area contributed by atoms with Crippen LogP contribution in [0.25, 0.3) is 0 Å². The number of piperidine rings is 1. The van der Waals surface area contributed by atoms with Crippen molar-refractivity contribution in [2.24, 2.45) is 17.8 Å². The normalized spacial score (nSPS) is 47.6. The molecule has 0 aromatic heterocycles. The molecule has 3 unspecified atom stereocenters. The number of nitrogens with zero attached hydrogens (tertiary/aromatic N) is 1. The fourth-order valence-electron chi connectivity index (χ4n) is 4.05. The lowest BCUT2D eigenvalue weighted by Crippen LogP contribution is -2.44. The first kappa shape index (κ1) is 10.1. The number of hydrogen-bond acceptors (Lipinski definition) is 1. The molecule has 0 amide bonds. The van der Waals surface area contributed by atoms with Crippen LogP contribution in [0.5, 0.6) is 0 Å². The van der Waals surface area contributed by atoms with Crippen molar-refractivity contribution in [2.75, 3.05) is 13.1 Å². The lowest BCUT2D eigenvalue weighted by Gasteiger charge is -2.37. The topological polar surface area (TPSA) is 3.24 Å². The van der Waals surface area contributed by atoms with Gasteiger partial charge in [-0.3, -0.25) is 4.90 Å². The second-order valence-electron chi connectivity index (χ2n) is 5.81. The summed E-state index contributed by atoms with van der Waals surface area (Å²) in [4.78, 5) is 2.59. The highest BCUT2D eigenvalue weighted by Gasteiger charge is 2.53. The monoisotopic (exact) mass is 211 g/mol. The molecule has 3 aliphatic rings. The first-order valence-corrected chi connectivity index (χ1v) is 6.65. The smallest absolute Gasteiger partial charge is 0.103 e. The predicted molar refractivity (Wildman–Crippen MR) is 59.5 cm³/mol. The maximum absolute atomic E-state index is 13.1. The van der Waals surface area contributed by atoms with E-state index in [0.717, 1.165) is 49.7 Å². The molecule has 3 fully saturated rings. The van der Waals surface area contributed by atoms with Gasteiger partial charge in [0.1, 0.15) is 6.17 Å². The first-order valence-electron chi connectivity index (χ1n) is 6.65. The van der Waals surface area contributed by atoms with E-state index in [1.807, 2.05) is 0 Å². The maximum Gasteiger partial charge on any atom is 0.103 e. The van der Waals surface area contributed by atoms with Gasteiger partial charge in [0.05, 0.1) is 0 Å². The summed E-state index contributed by atoms with van der Waals surface area (Å²) in [5, 5.41) is 0. The standard InChI is InChI=1S/C13H22FN/c1-9-11-3-2-4-12(13(9)11)15-7-5-10(14)6-8-15/h9-13H,2-8H2,1H3/t9?,11?,12-,13?/m0/s1. The molecule has 2 saturated carbocycles. The highest BCUT2D eigenvalue weighted by atomic mass is 19.1. The van der Waals surface area contributed by atoms with Gasteiger partial charge in [0.25, 0.3) is 0 Å². The Kier molecular flexibility index (Phi) is 2.50. The van der Waals surface area contributed by atoms with Crippen LogP contribution in [0.4, 0.5) is 4.39 Å². The van der Waals surface area contributed by atoms with Gasteiger partial charge in [-0.05, 0) is 43.4 Å². The summed E-state index contributed by atoms with van der Waals surface area (Å²) in [7, 11) is 0. The molecule has 1 saturated heterocycles. The van der Waals surface area contributed by atoms with Crippen LogP contribution >= 0.6 is 0 Å². The molecule has 4 atom stereocenters. The lowest BCUT2D eigenvalue weighted by atomic mass is 9.92. The summed E-state index contributed by atoms with van der Waals surface area (Å²) in [6.07, 6.45) is 5.29. The largest absolute Gasteiger partial charge is 0.300 e. The van der Waals surface area contributed by atoms with E-state index in [4.69, 9.17) is 0 Å². The van der Waals surface area contributed by atoms with Gasteiger partial charge >= 0.3 is 0 Å². The molecule has 3 rings (SSSR count). The lowest BCUT2D eigenvalue weighted by molar-refractivity contribution is 0.0828. The van der Waals surface area contributed by atoms with E-state index >= 15 is 0 Å². The molecule has 0 aromatic carbocycles. The van der Waals surface area contributed by atoms with Gasteiger partial charge in [-0.2, -0.15) is 0 Å². The minimum absolute atomic E-state index is 0.516. The van der Waals surface area contributed by atoms with E-state index in [-0.39, 0.29) is 0 Å². The van der Waals surface area contributed by atoms with Crippen LogP contribution in [0.15, 0.2) is 0 Å². The Morgan fingerprint density at radius 3 is 2.53 bits per heavy atom. The van der Waals surface area contributed by atoms with E-state index in [0.29, 0.717) is 0 Å². The number of hydrogen-bond donors (Lipinski definition) is 0. The molecule has 2 heteroatoms. The molecule has 1 aliphatic heterocycles. The highest BCUT2D eigenvalue weighted by Crippen LogP contribution is 2.56. The molecule has 2 aliphatic carbocycles. The van der Waals surface area contributed by atoms with Crippen LogP contribution in [0.2, 0.25) is 0 Å². The second kappa shape index (κ2) is 3.73. The molecule has 86 valence electrons. The Morgan fingerprint density at radius 2 is 1.80 bits per heavy atom. The zero-order valence-corrected chi connectivity index (χ0v) is 9.66. The fourth-order valence-corrected chi connectivity index (χ4v) is 4.05. The minimum atomic E-state index is -0.516. The number of likely N-dealkylation sites (tertiary alicyclic amines) is 1. The molecule has 0 N–H and O–H groups in total. The van der Waals surface area contributed by atoms with Gasteiger partial charge in [-0.15, -0.1) is 0 Å². The molecule has 0 spiro atoms. The molecular weight excluding hydrogens is 189 g/mol. The average Bonchev–Trinajstić information content (AvgIpc) is 2.92. The summed E-state index contributed by atoms with van der Waals surface area (Å²) in [5.41, 5.74) is 0. The zero-order valence-electron chi connectivity index (χ0n) is 9.66. The average molecular weight is 211 g/mol. The van der Waals surface area contributed by atoms with Crippen molar-refractivity contribution >= 4 is 0 Å². The van der Waals surface area contributed by atoms with Crippen molar-refractivity contribution in [1.82, 2.24) is 4.90 Å². The van der Waals surface area contributed by atoms with Crippen LogP contribution in [-0.2, 0) is 0 Å². The third kappa shape index (κ3) is 1.71. The van der Waals surface area contributed by atoms with Crippen LogP contribution in [0.3, 0.4) is 0 Å². The Labute approximate surface area is 92.0 Å². The number of halogens is 1. The highest BCUT2D eigenvalue weighted by molar-refractivity contribution is 5.04. The van der Waals surface area contributed by atoms with E-state index in [1.165, 1.54) is 19.3 Å². The fraction of sp³-hybridized carbons (Fsp3) is 1.00. The van der Waals surface area contributed by atoms with Gasteiger partial charge in [0.2, 0.25) is 0 Å². The minimum Gasteiger partial charge on any atom is -0.300 e. The molecule has 15 heavy (non-hydrogen) atoms. The van der Waals surface area contributed by atoms with Gasteiger partial charge in [-0.1, -0.05) is 13.3 Å². The summed E-state index contributed by atoms with van der Waals surface area (Å²) in [5.74, 6) is 2.95. The predicted octanol–water partition coefficient (Wildman–Crippen LogP) is 2.85. The summed E-state index contributed by atoms with van der Waals surface area (Å²) in [6.45, 7) is 4.44. The van der Waals surface area contributed by atoms with Crippen LogP contribution in [-0.4, -0.2) is 30.2 Å². The van der Waals surface area contributed by atoms with Crippen molar-refractivity contribution in [2.45, 2.75) is 51.2 Å². The Balaban J connectivity index is 1.62.